The number of carbonyl (C=O) groups is 1. The van der Waals surface area contributed by atoms with Gasteiger partial charge in [0.15, 0.2) is 0 Å². The predicted molar refractivity (Wildman–Crippen MR) is 83.2 cm³/mol. The highest BCUT2D eigenvalue weighted by atomic mass is 16.5. The molecule has 0 unspecified atom stereocenters. The second-order valence-corrected chi connectivity index (χ2v) is 4.52. The molecule has 2 N–H and O–H groups in total. The van der Waals surface area contributed by atoms with Crippen LogP contribution >= 0.6 is 0 Å². The number of hydrogen-bond acceptors (Lipinski definition) is 4. The van der Waals surface area contributed by atoms with Crippen LogP contribution in [0.25, 0.3) is 11.6 Å². The van der Waals surface area contributed by atoms with Crippen molar-refractivity contribution in [2.45, 2.75) is 0 Å². The van der Waals surface area contributed by atoms with Crippen molar-refractivity contribution < 1.29 is 24.5 Å². The number of benzene rings is 2. The van der Waals surface area contributed by atoms with E-state index < -0.39 is 5.97 Å². The molecular weight excluding hydrogens is 284 g/mol. The van der Waals surface area contributed by atoms with Gasteiger partial charge in [0.05, 0.1) is 19.8 Å². The Balaban J connectivity index is 2.55. The third-order valence-electron chi connectivity index (χ3n) is 3.11. The van der Waals surface area contributed by atoms with Crippen molar-refractivity contribution in [3.8, 4) is 17.2 Å². The number of hydrogen-bond donors (Lipinski definition) is 2. The number of ether oxygens (including phenoxy) is 2. The number of aliphatic carboxylic acids is 1. The molecule has 2 rings (SSSR count). The molecule has 0 fully saturated rings. The van der Waals surface area contributed by atoms with Crippen LogP contribution in [0.3, 0.4) is 0 Å². The lowest BCUT2D eigenvalue weighted by Crippen LogP contribution is -2.02. The van der Waals surface area contributed by atoms with Gasteiger partial charge in [-0.3, -0.25) is 0 Å². The monoisotopic (exact) mass is 300 g/mol. The smallest absolute Gasteiger partial charge is 0.336 e. The van der Waals surface area contributed by atoms with Crippen LogP contribution in [-0.4, -0.2) is 30.4 Å². The third-order valence-corrected chi connectivity index (χ3v) is 3.11. The summed E-state index contributed by atoms with van der Waals surface area (Å²) in [6, 6.07) is 11.3. The Bertz CT molecular complexity index is 719. The molecule has 0 atom stereocenters. The molecule has 5 heteroatoms. The summed E-state index contributed by atoms with van der Waals surface area (Å²) in [4.78, 5) is 11.6. The number of carboxylic acids is 1. The molecule has 0 amide bonds. The molecule has 0 saturated heterocycles. The first-order valence-corrected chi connectivity index (χ1v) is 6.51. The number of phenols is 1. The lowest BCUT2D eigenvalue weighted by molar-refractivity contribution is -0.130. The minimum absolute atomic E-state index is 0.0603. The Kier molecular flexibility index (Phi) is 4.68. The second-order valence-electron chi connectivity index (χ2n) is 4.52. The zero-order valence-electron chi connectivity index (χ0n) is 12.2. The molecule has 0 bridgehead atoms. The van der Waals surface area contributed by atoms with E-state index >= 15 is 0 Å². The van der Waals surface area contributed by atoms with Gasteiger partial charge in [0.25, 0.3) is 0 Å². The molecule has 2 aromatic rings. The minimum Gasteiger partial charge on any atom is -0.508 e. The SMILES string of the molecule is COc1ccc(/C(=C/c2cccc(O)c2)C(=O)O)c(OC)c1. The molecule has 0 aliphatic heterocycles. The largest absolute Gasteiger partial charge is 0.508 e. The van der Waals surface area contributed by atoms with E-state index in [0.29, 0.717) is 22.6 Å². The Labute approximate surface area is 128 Å². The normalized spacial score (nSPS) is 11.1. The fraction of sp³-hybridized carbons (Fsp3) is 0.118. The Hall–Kier alpha value is -2.95. The van der Waals surface area contributed by atoms with Crippen molar-refractivity contribution in [3.05, 3.63) is 53.6 Å². The summed E-state index contributed by atoms with van der Waals surface area (Å²) in [5, 5.41) is 19.0. The van der Waals surface area contributed by atoms with Crippen LogP contribution in [0.2, 0.25) is 0 Å². The highest BCUT2D eigenvalue weighted by Crippen LogP contribution is 2.31. The predicted octanol–water partition coefficient (Wildman–Crippen LogP) is 3.03. The summed E-state index contributed by atoms with van der Waals surface area (Å²) in [7, 11) is 2.99. The molecule has 22 heavy (non-hydrogen) atoms. The van der Waals surface area contributed by atoms with Gasteiger partial charge in [-0.1, -0.05) is 12.1 Å². The highest BCUT2D eigenvalue weighted by Gasteiger charge is 2.16. The molecule has 0 radical (unpaired) electrons. The summed E-state index contributed by atoms with van der Waals surface area (Å²) in [6.45, 7) is 0. The summed E-state index contributed by atoms with van der Waals surface area (Å²) in [5.41, 5.74) is 1.07. The van der Waals surface area contributed by atoms with E-state index in [9.17, 15) is 15.0 Å². The van der Waals surface area contributed by atoms with Crippen molar-refractivity contribution in [1.29, 1.82) is 0 Å². The molecule has 0 heterocycles. The maximum absolute atomic E-state index is 11.6. The number of phenolic OH excluding ortho intramolecular Hbond substituents is 1. The van der Waals surface area contributed by atoms with Crippen molar-refractivity contribution in [2.24, 2.45) is 0 Å². The Morgan fingerprint density at radius 2 is 1.86 bits per heavy atom. The lowest BCUT2D eigenvalue weighted by Gasteiger charge is -2.11. The zero-order chi connectivity index (χ0) is 16.1. The van der Waals surface area contributed by atoms with Gasteiger partial charge >= 0.3 is 5.97 Å². The van der Waals surface area contributed by atoms with Crippen LogP contribution in [-0.2, 0) is 4.79 Å². The van der Waals surface area contributed by atoms with Crippen molar-refractivity contribution in [3.63, 3.8) is 0 Å². The molecule has 2 aromatic carbocycles. The number of carboxylic acid groups (broad SMARTS) is 1. The second kappa shape index (κ2) is 6.67. The van der Waals surface area contributed by atoms with E-state index in [1.807, 2.05) is 0 Å². The van der Waals surface area contributed by atoms with Crippen molar-refractivity contribution >= 4 is 17.6 Å². The van der Waals surface area contributed by atoms with Crippen LogP contribution in [0.5, 0.6) is 17.2 Å². The van der Waals surface area contributed by atoms with Crippen molar-refractivity contribution in [1.82, 2.24) is 0 Å². The average molecular weight is 300 g/mol. The first-order valence-electron chi connectivity index (χ1n) is 6.51. The molecule has 0 aliphatic rings. The van der Waals surface area contributed by atoms with E-state index in [2.05, 4.69) is 0 Å². The molecule has 0 aromatic heterocycles. The van der Waals surface area contributed by atoms with E-state index in [1.165, 1.54) is 32.4 Å². The first-order chi connectivity index (χ1) is 10.5. The number of methoxy groups -OCH3 is 2. The number of aromatic hydroxyl groups is 1. The molecule has 114 valence electrons. The molecule has 0 spiro atoms. The van der Waals surface area contributed by atoms with Gasteiger partial charge in [-0.25, -0.2) is 4.79 Å². The van der Waals surface area contributed by atoms with Gasteiger partial charge in [-0.2, -0.15) is 0 Å². The average Bonchev–Trinajstić information content (AvgIpc) is 2.52. The van der Waals surface area contributed by atoms with Gasteiger partial charge < -0.3 is 19.7 Å². The van der Waals surface area contributed by atoms with E-state index in [0.717, 1.165) is 0 Å². The summed E-state index contributed by atoms with van der Waals surface area (Å²) < 4.78 is 10.4. The molecule has 0 aliphatic carbocycles. The topological polar surface area (TPSA) is 76.0 Å². The van der Waals surface area contributed by atoms with Crippen LogP contribution in [0.4, 0.5) is 0 Å². The van der Waals surface area contributed by atoms with Crippen LogP contribution in [0.15, 0.2) is 42.5 Å². The summed E-state index contributed by atoms with van der Waals surface area (Å²) >= 11 is 0. The van der Waals surface area contributed by atoms with E-state index in [4.69, 9.17) is 9.47 Å². The number of rotatable bonds is 5. The van der Waals surface area contributed by atoms with Crippen LogP contribution in [0, 0.1) is 0 Å². The maximum Gasteiger partial charge on any atom is 0.336 e. The van der Waals surface area contributed by atoms with Gasteiger partial charge in [0.2, 0.25) is 0 Å². The zero-order valence-corrected chi connectivity index (χ0v) is 12.2. The highest BCUT2D eigenvalue weighted by molar-refractivity contribution is 6.21. The van der Waals surface area contributed by atoms with E-state index in [-0.39, 0.29) is 11.3 Å². The van der Waals surface area contributed by atoms with Gasteiger partial charge in [0.1, 0.15) is 17.2 Å². The molecule has 0 saturated carbocycles. The first kappa shape index (κ1) is 15.4. The van der Waals surface area contributed by atoms with Crippen molar-refractivity contribution in [2.75, 3.05) is 14.2 Å². The maximum atomic E-state index is 11.6. The fourth-order valence-corrected chi connectivity index (χ4v) is 2.06. The molecular formula is C17H16O5. The Morgan fingerprint density at radius 3 is 2.45 bits per heavy atom. The standard InChI is InChI=1S/C17H16O5/c1-21-13-6-7-14(16(10-13)22-2)15(17(19)20)9-11-4-3-5-12(18)8-11/h3-10,18H,1-2H3,(H,19,20)/b15-9-. The van der Waals surface area contributed by atoms with Gasteiger partial charge in [-0.05, 0) is 35.9 Å². The summed E-state index contributed by atoms with van der Waals surface area (Å²) in [6.07, 6.45) is 1.48. The van der Waals surface area contributed by atoms with Gasteiger partial charge in [-0.15, -0.1) is 0 Å². The fourth-order valence-electron chi connectivity index (χ4n) is 2.06. The van der Waals surface area contributed by atoms with Gasteiger partial charge in [0, 0.05) is 11.6 Å². The van der Waals surface area contributed by atoms with Crippen LogP contribution in [0.1, 0.15) is 11.1 Å². The van der Waals surface area contributed by atoms with Crippen LogP contribution < -0.4 is 9.47 Å². The third kappa shape index (κ3) is 3.38. The quantitative estimate of drug-likeness (QED) is 0.655. The Morgan fingerprint density at radius 1 is 1.09 bits per heavy atom. The lowest BCUT2D eigenvalue weighted by atomic mass is 10.0. The summed E-state index contributed by atoms with van der Waals surface area (Å²) in [5.74, 6) is -0.0529. The minimum atomic E-state index is -1.09. The van der Waals surface area contributed by atoms with E-state index in [1.54, 1.807) is 30.3 Å². The molecule has 5 nitrogen and oxygen atoms in total.